The highest BCUT2D eigenvalue weighted by molar-refractivity contribution is 5.90. The Morgan fingerprint density at radius 3 is 2.38 bits per heavy atom. The first-order valence-corrected chi connectivity index (χ1v) is 9.64. The molecule has 1 heterocycles. The molecular weight excluding hydrogens is 368 g/mol. The molecule has 7 nitrogen and oxygen atoms in total. The van der Waals surface area contributed by atoms with Gasteiger partial charge in [-0.2, -0.15) is 4.98 Å². The van der Waals surface area contributed by atoms with E-state index < -0.39 is 0 Å². The summed E-state index contributed by atoms with van der Waals surface area (Å²) in [6, 6.07) is 15.4. The van der Waals surface area contributed by atoms with E-state index in [9.17, 15) is 4.79 Å². The molecule has 0 aliphatic carbocycles. The van der Waals surface area contributed by atoms with E-state index >= 15 is 0 Å². The first-order chi connectivity index (χ1) is 14.0. The van der Waals surface area contributed by atoms with Gasteiger partial charge in [0.2, 0.25) is 5.91 Å². The average Bonchev–Trinajstić information content (AvgIpc) is 3.17. The Labute approximate surface area is 170 Å². The molecule has 0 aliphatic rings. The van der Waals surface area contributed by atoms with Gasteiger partial charge in [-0.25, -0.2) is 4.68 Å². The molecule has 0 saturated heterocycles. The van der Waals surface area contributed by atoms with E-state index in [1.165, 1.54) is 0 Å². The summed E-state index contributed by atoms with van der Waals surface area (Å²) in [5, 5.41) is 7.39. The van der Waals surface area contributed by atoms with Crippen molar-refractivity contribution < 1.29 is 14.3 Å². The summed E-state index contributed by atoms with van der Waals surface area (Å²) >= 11 is 0. The molecule has 29 heavy (non-hydrogen) atoms. The maximum Gasteiger partial charge on any atom is 0.336 e. The second-order valence-corrected chi connectivity index (χ2v) is 7.01. The fraction of sp³-hybridized carbons (Fsp3) is 0.318. The van der Waals surface area contributed by atoms with Crippen molar-refractivity contribution in [1.82, 2.24) is 14.8 Å². The van der Waals surface area contributed by atoms with Crippen molar-refractivity contribution in [3.05, 3.63) is 48.5 Å². The van der Waals surface area contributed by atoms with Crippen LogP contribution in [0.25, 0.3) is 17.1 Å². The molecule has 1 N–H and O–H groups in total. The van der Waals surface area contributed by atoms with Crippen molar-refractivity contribution >= 4 is 11.6 Å². The van der Waals surface area contributed by atoms with Gasteiger partial charge < -0.3 is 14.8 Å². The number of rotatable bonds is 8. The van der Waals surface area contributed by atoms with E-state index in [0.717, 1.165) is 22.7 Å². The van der Waals surface area contributed by atoms with Gasteiger partial charge in [0.05, 0.1) is 19.4 Å². The fourth-order valence-corrected chi connectivity index (χ4v) is 2.64. The van der Waals surface area contributed by atoms with E-state index in [-0.39, 0.29) is 5.91 Å². The Hall–Kier alpha value is -3.35. The van der Waals surface area contributed by atoms with Crippen molar-refractivity contribution in [2.75, 3.05) is 19.0 Å². The first-order valence-electron chi connectivity index (χ1n) is 9.64. The molecule has 0 bridgehead atoms. The molecule has 1 aromatic heterocycles. The van der Waals surface area contributed by atoms with E-state index in [0.29, 0.717) is 30.8 Å². The lowest BCUT2D eigenvalue weighted by Crippen LogP contribution is -2.09. The number of benzene rings is 2. The van der Waals surface area contributed by atoms with Crippen LogP contribution in [-0.4, -0.2) is 34.4 Å². The molecule has 0 fully saturated rings. The van der Waals surface area contributed by atoms with Gasteiger partial charge in [0.15, 0.2) is 5.82 Å². The highest BCUT2D eigenvalue weighted by atomic mass is 16.5. The number of anilines is 1. The van der Waals surface area contributed by atoms with Crippen LogP contribution in [-0.2, 0) is 4.79 Å². The largest absolute Gasteiger partial charge is 0.497 e. The average molecular weight is 394 g/mol. The summed E-state index contributed by atoms with van der Waals surface area (Å²) in [5.41, 5.74) is 2.45. The molecule has 1 amide bonds. The minimum atomic E-state index is -0.0261. The molecule has 0 spiro atoms. The Morgan fingerprint density at radius 1 is 1.10 bits per heavy atom. The van der Waals surface area contributed by atoms with Gasteiger partial charge in [-0.15, -0.1) is 5.10 Å². The summed E-state index contributed by atoms with van der Waals surface area (Å²) in [5.74, 6) is 1.78. The standard InChI is InChI=1S/C22H26N4O3/c1-5-20(27)23-17-8-10-18(11-9-17)26-21(16-6-12-19(28-4)13-7-16)24-22(25-26)29-14-15(2)3/h6-13,15H,5,14H2,1-4H3,(H,23,27). The van der Waals surface area contributed by atoms with E-state index in [1.807, 2.05) is 55.5 Å². The number of hydrogen-bond donors (Lipinski definition) is 1. The van der Waals surface area contributed by atoms with Crippen molar-refractivity contribution in [3.8, 4) is 28.8 Å². The van der Waals surface area contributed by atoms with Gasteiger partial charge in [0.1, 0.15) is 5.75 Å². The Balaban J connectivity index is 1.95. The normalized spacial score (nSPS) is 10.8. The molecular formula is C22H26N4O3. The highest BCUT2D eigenvalue weighted by Crippen LogP contribution is 2.26. The van der Waals surface area contributed by atoms with Crippen molar-refractivity contribution in [1.29, 1.82) is 0 Å². The summed E-state index contributed by atoms with van der Waals surface area (Å²) in [6.07, 6.45) is 0.434. The number of amides is 1. The Kier molecular flexibility index (Phi) is 6.49. The lowest BCUT2D eigenvalue weighted by atomic mass is 10.2. The smallest absolute Gasteiger partial charge is 0.336 e. The minimum absolute atomic E-state index is 0.0261. The Morgan fingerprint density at radius 2 is 1.79 bits per heavy atom. The SMILES string of the molecule is CCC(=O)Nc1ccc(-n2nc(OCC(C)C)nc2-c2ccc(OC)cc2)cc1. The number of aromatic nitrogens is 3. The number of carbonyl (C=O) groups excluding carboxylic acids is 1. The second kappa shape index (κ2) is 9.23. The predicted octanol–water partition coefficient (Wildman–Crippen LogP) is 4.33. The first kappa shape index (κ1) is 20.4. The van der Waals surface area contributed by atoms with Crippen LogP contribution in [0.3, 0.4) is 0 Å². The van der Waals surface area contributed by atoms with Crippen molar-refractivity contribution in [2.45, 2.75) is 27.2 Å². The number of hydrogen-bond acceptors (Lipinski definition) is 5. The third-order valence-corrected chi connectivity index (χ3v) is 4.20. The van der Waals surface area contributed by atoms with Gasteiger partial charge in [-0.1, -0.05) is 20.8 Å². The van der Waals surface area contributed by atoms with Crippen LogP contribution < -0.4 is 14.8 Å². The number of carbonyl (C=O) groups is 1. The van der Waals surface area contributed by atoms with E-state index in [1.54, 1.807) is 11.8 Å². The van der Waals surface area contributed by atoms with Crippen LogP contribution in [0.15, 0.2) is 48.5 Å². The zero-order chi connectivity index (χ0) is 20.8. The van der Waals surface area contributed by atoms with E-state index in [4.69, 9.17) is 9.47 Å². The molecule has 0 aliphatic heterocycles. The van der Waals surface area contributed by atoms with Crippen molar-refractivity contribution in [3.63, 3.8) is 0 Å². The number of ether oxygens (including phenoxy) is 2. The number of nitrogens with zero attached hydrogens (tertiary/aromatic N) is 3. The minimum Gasteiger partial charge on any atom is -0.497 e. The van der Waals surface area contributed by atoms with Crippen LogP contribution in [0, 0.1) is 5.92 Å². The van der Waals surface area contributed by atoms with Crippen LogP contribution in [0.4, 0.5) is 5.69 Å². The van der Waals surface area contributed by atoms with Gasteiger partial charge in [-0.3, -0.25) is 4.79 Å². The van der Waals surface area contributed by atoms with Crippen LogP contribution >= 0.6 is 0 Å². The zero-order valence-corrected chi connectivity index (χ0v) is 17.2. The lowest BCUT2D eigenvalue weighted by molar-refractivity contribution is -0.115. The van der Waals surface area contributed by atoms with Crippen molar-refractivity contribution in [2.24, 2.45) is 5.92 Å². The van der Waals surface area contributed by atoms with E-state index in [2.05, 4.69) is 29.2 Å². The van der Waals surface area contributed by atoms with Gasteiger partial charge >= 0.3 is 6.01 Å². The lowest BCUT2D eigenvalue weighted by Gasteiger charge is -2.08. The second-order valence-electron chi connectivity index (χ2n) is 7.01. The van der Waals surface area contributed by atoms with Crippen LogP contribution in [0.2, 0.25) is 0 Å². The summed E-state index contributed by atoms with van der Waals surface area (Å²) in [6.45, 7) is 6.50. The number of nitrogens with one attached hydrogen (secondary N) is 1. The summed E-state index contributed by atoms with van der Waals surface area (Å²) in [4.78, 5) is 16.2. The molecule has 0 saturated carbocycles. The molecule has 0 radical (unpaired) electrons. The zero-order valence-electron chi connectivity index (χ0n) is 17.2. The third-order valence-electron chi connectivity index (χ3n) is 4.20. The summed E-state index contributed by atoms with van der Waals surface area (Å²) < 4.78 is 12.7. The van der Waals surface area contributed by atoms with Gasteiger partial charge in [0.25, 0.3) is 0 Å². The number of methoxy groups -OCH3 is 1. The molecule has 3 aromatic rings. The fourth-order valence-electron chi connectivity index (χ4n) is 2.64. The molecule has 0 atom stereocenters. The quantitative estimate of drug-likeness (QED) is 0.615. The monoisotopic (exact) mass is 394 g/mol. The maximum atomic E-state index is 11.6. The predicted molar refractivity (Wildman–Crippen MR) is 113 cm³/mol. The van der Waals surface area contributed by atoms with Gasteiger partial charge in [-0.05, 0) is 54.4 Å². The molecule has 3 rings (SSSR count). The Bertz CT molecular complexity index is 947. The third kappa shape index (κ3) is 5.13. The van der Waals surface area contributed by atoms with Gasteiger partial charge in [0, 0.05) is 17.7 Å². The molecule has 0 unspecified atom stereocenters. The topological polar surface area (TPSA) is 78.3 Å². The van der Waals surface area contributed by atoms with Crippen LogP contribution in [0.5, 0.6) is 11.8 Å². The maximum absolute atomic E-state index is 11.6. The molecule has 2 aromatic carbocycles. The summed E-state index contributed by atoms with van der Waals surface area (Å²) in [7, 11) is 1.63. The molecule has 7 heteroatoms. The molecule has 152 valence electrons. The highest BCUT2D eigenvalue weighted by Gasteiger charge is 2.15. The van der Waals surface area contributed by atoms with Crippen LogP contribution in [0.1, 0.15) is 27.2 Å².